The molecular weight excluding hydrogens is 362 g/mol. The van der Waals surface area contributed by atoms with Crippen LogP contribution in [-0.2, 0) is 10.0 Å². The van der Waals surface area contributed by atoms with Gasteiger partial charge in [-0.1, -0.05) is 0 Å². The fraction of sp³-hybridized carbons (Fsp3) is 0.235. The van der Waals surface area contributed by atoms with E-state index >= 15 is 0 Å². The van der Waals surface area contributed by atoms with Gasteiger partial charge in [0.15, 0.2) is 0 Å². The van der Waals surface area contributed by atoms with Crippen molar-refractivity contribution < 1.29 is 17.2 Å². The minimum absolute atomic E-state index is 0.324. The highest BCUT2D eigenvalue weighted by Gasteiger charge is 2.25. The van der Waals surface area contributed by atoms with E-state index in [9.17, 15) is 17.2 Å². The second kappa shape index (κ2) is 6.33. The molecule has 0 bridgehead atoms. The van der Waals surface area contributed by atoms with Gasteiger partial charge in [-0.25, -0.2) is 8.78 Å². The number of halogens is 2. The third kappa shape index (κ3) is 2.82. The smallest absolute Gasteiger partial charge is 0.286 e. The minimum atomic E-state index is -4.36. The van der Waals surface area contributed by atoms with E-state index in [-0.39, 0.29) is 0 Å². The molecule has 1 aliphatic rings. The number of hydrogen-bond acceptors (Lipinski definition) is 5. The summed E-state index contributed by atoms with van der Waals surface area (Å²) in [7, 11) is -4.36. The molecule has 136 valence electrons. The molecule has 1 aliphatic heterocycles. The molecule has 1 saturated heterocycles. The van der Waals surface area contributed by atoms with Crippen molar-refractivity contribution in [3.8, 4) is 0 Å². The Morgan fingerprint density at radius 3 is 2.58 bits per heavy atom. The zero-order chi connectivity index (χ0) is 18.3. The molecule has 6 nitrogen and oxygen atoms in total. The second-order valence-corrected chi connectivity index (χ2v) is 7.78. The molecule has 1 aromatic heterocycles. The van der Waals surface area contributed by atoms with E-state index in [0.29, 0.717) is 17.0 Å². The van der Waals surface area contributed by atoms with Crippen molar-refractivity contribution in [1.29, 1.82) is 0 Å². The maximum atomic E-state index is 14.0. The Kier molecular flexibility index (Phi) is 4.12. The minimum Gasteiger partial charge on any atom is -0.369 e. The first-order chi connectivity index (χ1) is 12.5. The molecule has 2 heterocycles. The molecule has 9 heteroatoms. The summed E-state index contributed by atoms with van der Waals surface area (Å²) < 4.78 is 53.9. The van der Waals surface area contributed by atoms with Gasteiger partial charge in [0.25, 0.3) is 10.0 Å². The SMILES string of the molecule is O=S(=O)(c1cc(F)ccc1F)n1ncc2ccc(N3CCNCC3)cc21. The van der Waals surface area contributed by atoms with Crippen LogP contribution < -0.4 is 10.2 Å². The van der Waals surface area contributed by atoms with Crippen LogP contribution >= 0.6 is 0 Å². The Morgan fingerprint density at radius 2 is 1.81 bits per heavy atom. The maximum absolute atomic E-state index is 14.0. The lowest BCUT2D eigenvalue weighted by Gasteiger charge is -2.29. The van der Waals surface area contributed by atoms with Gasteiger partial charge in [0.2, 0.25) is 0 Å². The van der Waals surface area contributed by atoms with Crippen LogP contribution in [0.4, 0.5) is 14.5 Å². The quantitative estimate of drug-likeness (QED) is 0.755. The fourth-order valence-electron chi connectivity index (χ4n) is 3.06. The van der Waals surface area contributed by atoms with Gasteiger partial charge >= 0.3 is 0 Å². The highest BCUT2D eigenvalue weighted by Crippen LogP contribution is 2.26. The third-order valence-corrected chi connectivity index (χ3v) is 6.02. The van der Waals surface area contributed by atoms with Gasteiger partial charge in [-0.15, -0.1) is 0 Å². The predicted molar refractivity (Wildman–Crippen MR) is 93.8 cm³/mol. The van der Waals surface area contributed by atoms with E-state index in [0.717, 1.165) is 48.1 Å². The molecule has 0 unspecified atom stereocenters. The first-order valence-electron chi connectivity index (χ1n) is 8.11. The Labute approximate surface area is 149 Å². The number of benzene rings is 2. The lowest BCUT2D eigenvalue weighted by molar-refractivity contribution is 0.546. The van der Waals surface area contributed by atoms with Gasteiger partial charge in [-0.3, -0.25) is 0 Å². The zero-order valence-corrected chi connectivity index (χ0v) is 14.5. The summed E-state index contributed by atoms with van der Waals surface area (Å²) in [6.07, 6.45) is 1.39. The van der Waals surface area contributed by atoms with Gasteiger partial charge in [-0.2, -0.15) is 17.6 Å². The molecule has 2 aromatic carbocycles. The van der Waals surface area contributed by atoms with Crippen LogP contribution in [0.15, 0.2) is 47.5 Å². The molecule has 4 rings (SSSR count). The topological polar surface area (TPSA) is 67.2 Å². The van der Waals surface area contributed by atoms with Crippen LogP contribution in [0.5, 0.6) is 0 Å². The zero-order valence-electron chi connectivity index (χ0n) is 13.7. The summed E-state index contributed by atoms with van der Waals surface area (Å²) in [5.74, 6) is -1.85. The molecule has 26 heavy (non-hydrogen) atoms. The highest BCUT2D eigenvalue weighted by atomic mass is 32.2. The second-order valence-electron chi connectivity index (χ2n) is 6.05. The molecule has 0 aliphatic carbocycles. The molecular formula is C17H16F2N4O2S. The number of anilines is 1. The van der Waals surface area contributed by atoms with E-state index in [4.69, 9.17) is 0 Å². The summed E-state index contributed by atoms with van der Waals surface area (Å²) in [6.45, 7) is 3.27. The molecule has 3 aromatic rings. The number of aromatic nitrogens is 2. The van der Waals surface area contributed by atoms with Crippen molar-refractivity contribution in [1.82, 2.24) is 14.5 Å². The Bertz CT molecular complexity index is 1080. The highest BCUT2D eigenvalue weighted by molar-refractivity contribution is 7.90. The van der Waals surface area contributed by atoms with Crippen molar-refractivity contribution in [3.05, 3.63) is 54.2 Å². The van der Waals surface area contributed by atoms with Crippen LogP contribution in [0.3, 0.4) is 0 Å². The summed E-state index contributed by atoms with van der Waals surface area (Å²) in [6, 6.07) is 7.71. The summed E-state index contributed by atoms with van der Waals surface area (Å²) in [4.78, 5) is 1.39. The molecule has 1 fully saturated rings. The number of piperazine rings is 1. The predicted octanol–water partition coefficient (Wildman–Crippen LogP) is 1.96. The lowest BCUT2D eigenvalue weighted by atomic mass is 10.2. The van der Waals surface area contributed by atoms with Crippen LogP contribution in [0.25, 0.3) is 10.9 Å². The number of nitrogens with zero attached hydrogens (tertiary/aromatic N) is 3. The molecule has 0 atom stereocenters. The van der Waals surface area contributed by atoms with Gasteiger partial charge < -0.3 is 10.2 Å². The summed E-state index contributed by atoms with van der Waals surface area (Å²) in [5.41, 5.74) is 1.18. The number of nitrogens with one attached hydrogen (secondary N) is 1. The number of rotatable bonds is 3. The Hall–Kier alpha value is -2.52. The first kappa shape index (κ1) is 16.9. The van der Waals surface area contributed by atoms with Crippen LogP contribution in [0.1, 0.15) is 0 Å². The molecule has 1 N–H and O–H groups in total. The Morgan fingerprint density at radius 1 is 1.04 bits per heavy atom. The molecule has 0 radical (unpaired) electrons. The summed E-state index contributed by atoms with van der Waals surface area (Å²) in [5, 5.41) is 7.76. The van der Waals surface area contributed by atoms with Gasteiger partial charge in [0, 0.05) is 37.3 Å². The average molecular weight is 378 g/mol. The third-order valence-electron chi connectivity index (χ3n) is 4.40. The standard InChI is InChI=1S/C17H16F2N4O2S/c18-13-2-4-15(19)17(9-13)26(24,25)23-16-10-14(3-1-12(16)11-21-23)22-7-5-20-6-8-22/h1-4,9-11,20H,5-8H2. The van der Waals surface area contributed by atoms with Crippen molar-refractivity contribution in [2.75, 3.05) is 31.1 Å². The number of hydrogen-bond donors (Lipinski definition) is 1. The molecule has 0 spiro atoms. The van der Waals surface area contributed by atoms with E-state index < -0.39 is 26.6 Å². The van der Waals surface area contributed by atoms with Crippen LogP contribution in [0, 0.1) is 11.6 Å². The fourth-order valence-corrected chi connectivity index (χ4v) is 4.41. The summed E-state index contributed by atoms with van der Waals surface area (Å²) >= 11 is 0. The lowest BCUT2D eigenvalue weighted by Crippen LogP contribution is -2.43. The number of fused-ring (bicyclic) bond motifs is 1. The first-order valence-corrected chi connectivity index (χ1v) is 9.55. The van der Waals surface area contributed by atoms with Crippen molar-refractivity contribution in [2.24, 2.45) is 0 Å². The monoisotopic (exact) mass is 378 g/mol. The van der Waals surface area contributed by atoms with Crippen molar-refractivity contribution >= 4 is 26.6 Å². The van der Waals surface area contributed by atoms with E-state index in [1.807, 2.05) is 6.07 Å². The van der Waals surface area contributed by atoms with E-state index in [1.165, 1.54) is 6.20 Å². The van der Waals surface area contributed by atoms with Crippen LogP contribution in [-0.4, -0.2) is 43.8 Å². The molecule has 0 saturated carbocycles. The van der Waals surface area contributed by atoms with Crippen LogP contribution in [0.2, 0.25) is 0 Å². The Balaban J connectivity index is 1.84. The van der Waals surface area contributed by atoms with Gasteiger partial charge in [0.05, 0.1) is 11.7 Å². The molecule has 0 amide bonds. The van der Waals surface area contributed by atoms with E-state index in [2.05, 4.69) is 15.3 Å². The maximum Gasteiger partial charge on any atom is 0.286 e. The van der Waals surface area contributed by atoms with Crippen molar-refractivity contribution in [3.63, 3.8) is 0 Å². The largest absolute Gasteiger partial charge is 0.369 e. The van der Waals surface area contributed by atoms with E-state index in [1.54, 1.807) is 12.1 Å². The van der Waals surface area contributed by atoms with Gasteiger partial charge in [0.1, 0.15) is 16.5 Å². The average Bonchev–Trinajstić information content (AvgIpc) is 3.08. The van der Waals surface area contributed by atoms with Crippen molar-refractivity contribution in [2.45, 2.75) is 4.90 Å². The van der Waals surface area contributed by atoms with Gasteiger partial charge in [-0.05, 0) is 36.4 Å². The normalized spacial score (nSPS) is 15.5.